The number of nitrogens with zero attached hydrogens (tertiary/aromatic N) is 2. The van der Waals surface area contributed by atoms with Crippen LogP contribution in [0, 0.1) is 6.20 Å². The van der Waals surface area contributed by atoms with E-state index in [4.69, 9.17) is 9.47 Å². The van der Waals surface area contributed by atoms with Gasteiger partial charge in [-0.25, -0.2) is 0 Å². The highest BCUT2D eigenvalue weighted by Gasteiger charge is 2.08. The van der Waals surface area contributed by atoms with E-state index in [1.807, 2.05) is 24.3 Å². The van der Waals surface area contributed by atoms with Gasteiger partial charge < -0.3 is 9.47 Å². The van der Waals surface area contributed by atoms with Gasteiger partial charge in [0, 0.05) is 19.3 Å². The lowest BCUT2D eigenvalue weighted by atomic mass is 10.1. The molecule has 0 spiro atoms. The molecule has 0 amide bonds. The van der Waals surface area contributed by atoms with Gasteiger partial charge in [-0.3, -0.25) is 0 Å². The molecule has 2 rings (SSSR count). The standard InChI is InChI=1S/C17H23N2O2S/c1-20-12-8-4-2-3-5-9-13-21-16-11-7-6-10-15(16)17-14-18-19-22-17/h6-7,10-11H,2-5,8-9,12-13H2,1H3. The van der Waals surface area contributed by atoms with E-state index < -0.39 is 0 Å². The lowest BCUT2D eigenvalue weighted by Gasteiger charge is -2.09. The zero-order chi connectivity index (χ0) is 15.5. The van der Waals surface area contributed by atoms with E-state index in [-0.39, 0.29) is 0 Å². The zero-order valence-electron chi connectivity index (χ0n) is 13.1. The van der Waals surface area contributed by atoms with E-state index in [0.29, 0.717) is 0 Å². The van der Waals surface area contributed by atoms with Crippen molar-refractivity contribution >= 4 is 11.5 Å². The molecule has 1 radical (unpaired) electrons. The largest absolute Gasteiger partial charge is 0.493 e. The summed E-state index contributed by atoms with van der Waals surface area (Å²) in [6, 6.07) is 8.00. The Morgan fingerprint density at radius 3 is 2.45 bits per heavy atom. The van der Waals surface area contributed by atoms with Crippen molar-refractivity contribution < 1.29 is 9.47 Å². The number of hydrogen-bond donors (Lipinski definition) is 0. The minimum absolute atomic E-state index is 0.751. The van der Waals surface area contributed by atoms with Crippen molar-refractivity contribution in [1.82, 2.24) is 9.59 Å². The molecule has 119 valence electrons. The number of hydrogen-bond acceptors (Lipinski definition) is 5. The molecule has 2 aromatic rings. The molecule has 0 saturated heterocycles. The van der Waals surface area contributed by atoms with E-state index in [1.54, 1.807) is 7.11 Å². The molecule has 0 aliphatic carbocycles. The molecule has 0 bridgehead atoms. The van der Waals surface area contributed by atoms with Crippen LogP contribution in [0.15, 0.2) is 24.3 Å². The summed E-state index contributed by atoms with van der Waals surface area (Å²) in [6.07, 6.45) is 10.2. The number of rotatable bonds is 11. The highest BCUT2D eigenvalue weighted by atomic mass is 32.1. The summed E-state index contributed by atoms with van der Waals surface area (Å²) in [5.41, 5.74) is 1.03. The predicted molar refractivity (Wildman–Crippen MR) is 89.3 cm³/mol. The summed E-state index contributed by atoms with van der Waals surface area (Å²) < 4.78 is 14.8. The van der Waals surface area contributed by atoms with Crippen molar-refractivity contribution in [2.75, 3.05) is 20.3 Å². The Bertz CT molecular complexity index is 517. The minimum atomic E-state index is 0.751. The van der Waals surface area contributed by atoms with Gasteiger partial charge in [-0.2, -0.15) is 0 Å². The van der Waals surface area contributed by atoms with Crippen molar-refractivity contribution in [2.24, 2.45) is 0 Å². The molecule has 22 heavy (non-hydrogen) atoms. The molecule has 0 aliphatic heterocycles. The molecule has 0 unspecified atom stereocenters. The quantitative estimate of drug-likeness (QED) is 0.577. The van der Waals surface area contributed by atoms with Crippen LogP contribution in [0.5, 0.6) is 5.75 Å². The van der Waals surface area contributed by atoms with Gasteiger partial charge in [-0.15, -0.1) is 5.10 Å². The van der Waals surface area contributed by atoms with Gasteiger partial charge in [0.2, 0.25) is 0 Å². The van der Waals surface area contributed by atoms with Gasteiger partial charge in [0.1, 0.15) is 11.9 Å². The van der Waals surface area contributed by atoms with E-state index >= 15 is 0 Å². The number of methoxy groups -OCH3 is 1. The Hall–Kier alpha value is -1.46. The molecule has 0 saturated carbocycles. The Morgan fingerprint density at radius 2 is 1.73 bits per heavy atom. The number of para-hydroxylation sites is 1. The summed E-state index contributed by atoms with van der Waals surface area (Å²) in [5.74, 6) is 0.893. The Labute approximate surface area is 136 Å². The van der Waals surface area contributed by atoms with Crippen LogP contribution in [0.2, 0.25) is 0 Å². The Balaban J connectivity index is 1.65. The molecule has 1 heterocycles. The van der Waals surface area contributed by atoms with Crippen LogP contribution in [-0.2, 0) is 4.74 Å². The number of aromatic nitrogens is 2. The first-order valence-electron chi connectivity index (χ1n) is 7.83. The molecule has 0 atom stereocenters. The van der Waals surface area contributed by atoms with Gasteiger partial charge in [0.25, 0.3) is 0 Å². The third kappa shape index (κ3) is 5.73. The maximum absolute atomic E-state index is 5.92. The SMILES string of the molecule is COCCCCCCCCOc1ccccc1-c1[c]nns1. The summed E-state index contributed by atoms with van der Waals surface area (Å²) in [7, 11) is 1.76. The van der Waals surface area contributed by atoms with Crippen molar-refractivity contribution in [2.45, 2.75) is 38.5 Å². The summed E-state index contributed by atoms with van der Waals surface area (Å²) >= 11 is 1.34. The highest BCUT2D eigenvalue weighted by Crippen LogP contribution is 2.31. The van der Waals surface area contributed by atoms with E-state index in [0.717, 1.165) is 35.8 Å². The third-order valence-corrected chi connectivity index (χ3v) is 4.11. The smallest absolute Gasteiger partial charge is 0.135 e. The van der Waals surface area contributed by atoms with Crippen molar-refractivity contribution in [1.29, 1.82) is 0 Å². The minimum Gasteiger partial charge on any atom is -0.493 e. The van der Waals surface area contributed by atoms with Crippen LogP contribution in [0.1, 0.15) is 38.5 Å². The van der Waals surface area contributed by atoms with Crippen LogP contribution in [0.25, 0.3) is 10.4 Å². The first kappa shape index (κ1) is 16.9. The van der Waals surface area contributed by atoms with Gasteiger partial charge >= 0.3 is 0 Å². The van der Waals surface area contributed by atoms with Crippen molar-refractivity contribution in [3.05, 3.63) is 30.5 Å². The lowest BCUT2D eigenvalue weighted by molar-refractivity contribution is 0.191. The highest BCUT2D eigenvalue weighted by molar-refractivity contribution is 7.09. The second-order valence-corrected chi connectivity index (χ2v) is 5.93. The molecule has 5 heteroatoms. The fourth-order valence-electron chi connectivity index (χ4n) is 2.27. The molecule has 1 aromatic carbocycles. The molecular formula is C17H23N2O2S. The van der Waals surface area contributed by atoms with Gasteiger partial charge in [-0.05, 0) is 36.5 Å². The first-order valence-corrected chi connectivity index (χ1v) is 8.60. The van der Waals surface area contributed by atoms with E-state index in [1.165, 1.54) is 43.6 Å². The maximum atomic E-state index is 5.92. The topological polar surface area (TPSA) is 44.2 Å². The van der Waals surface area contributed by atoms with Gasteiger partial charge in [0.15, 0.2) is 0 Å². The molecule has 4 nitrogen and oxygen atoms in total. The number of unbranched alkanes of at least 4 members (excludes halogenated alkanes) is 5. The molecule has 0 N–H and O–H groups in total. The maximum Gasteiger partial charge on any atom is 0.135 e. The van der Waals surface area contributed by atoms with Crippen LogP contribution in [0.4, 0.5) is 0 Å². The molecule has 0 fully saturated rings. The summed E-state index contributed by atoms with van der Waals surface area (Å²) in [4.78, 5) is 0.925. The lowest BCUT2D eigenvalue weighted by Crippen LogP contribution is -1.98. The van der Waals surface area contributed by atoms with Crippen molar-refractivity contribution in [3.8, 4) is 16.2 Å². The summed E-state index contributed by atoms with van der Waals surface area (Å²) in [6.45, 7) is 1.63. The van der Waals surface area contributed by atoms with Gasteiger partial charge in [0.05, 0.1) is 11.5 Å². The molecular weight excluding hydrogens is 296 g/mol. The van der Waals surface area contributed by atoms with Crippen LogP contribution >= 0.6 is 11.5 Å². The fourth-order valence-corrected chi connectivity index (χ4v) is 2.79. The van der Waals surface area contributed by atoms with Crippen LogP contribution < -0.4 is 4.74 Å². The molecule has 0 aliphatic rings. The van der Waals surface area contributed by atoms with E-state index in [9.17, 15) is 0 Å². The monoisotopic (exact) mass is 319 g/mol. The zero-order valence-corrected chi connectivity index (χ0v) is 13.9. The molecule has 1 aromatic heterocycles. The predicted octanol–water partition coefficient (Wildman–Crippen LogP) is 4.37. The second-order valence-electron chi connectivity index (χ2n) is 5.17. The summed E-state index contributed by atoms with van der Waals surface area (Å²) in [5, 5.41) is 3.77. The average molecular weight is 319 g/mol. The normalized spacial score (nSPS) is 10.8. The first-order chi connectivity index (χ1) is 10.9. The van der Waals surface area contributed by atoms with Crippen LogP contribution in [0.3, 0.4) is 0 Å². The van der Waals surface area contributed by atoms with Crippen LogP contribution in [-0.4, -0.2) is 29.9 Å². The number of ether oxygens (including phenoxy) is 2. The second kappa shape index (κ2) is 10.3. The Kier molecular flexibility index (Phi) is 7.91. The van der Waals surface area contributed by atoms with E-state index in [2.05, 4.69) is 15.8 Å². The van der Waals surface area contributed by atoms with Crippen molar-refractivity contribution in [3.63, 3.8) is 0 Å². The third-order valence-electron chi connectivity index (χ3n) is 3.46. The average Bonchev–Trinajstić information content (AvgIpc) is 3.08. The van der Waals surface area contributed by atoms with Gasteiger partial charge in [-0.1, -0.05) is 42.3 Å². The number of benzene rings is 1. The fraction of sp³-hybridized carbons (Fsp3) is 0.529. The Morgan fingerprint density at radius 1 is 1.00 bits per heavy atom.